The number of rotatable bonds is 6. The first-order chi connectivity index (χ1) is 10.8. The van der Waals surface area contributed by atoms with Crippen molar-refractivity contribution in [2.45, 2.75) is 13.5 Å². The smallest absolute Gasteiger partial charge is 0.227 e. The van der Waals surface area contributed by atoms with E-state index in [9.17, 15) is 0 Å². The van der Waals surface area contributed by atoms with Gasteiger partial charge in [0, 0.05) is 49.9 Å². The number of para-hydroxylation sites is 1. The maximum Gasteiger partial charge on any atom is 0.227 e. The van der Waals surface area contributed by atoms with E-state index >= 15 is 0 Å². The van der Waals surface area contributed by atoms with E-state index in [4.69, 9.17) is 4.74 Å². The second-order valence-corrected chi connectivity index (χ2v) is 5.23. The molecule has 0 atom stereocenters. The molecule has 0 spiro atoms. The molecular weight excluding hydrogens is 278 g/mol. The second kappa shape index (κ2) is 6.19. The summed E-state index contributed by atoms with van der Waals surface area (Å²) in [7, 11) is 3.71. The van der Waals surface area contributed by atoms with Gasteiger partial charge >= 0.3 is 0 Å². The molecule has 6 nitrogen and oxygen atoms in total. The number of ether oxygens (including phenoxy) is 1. The highest BCUT2D eigenvalue weighted by atomic mass is 16.5. The van der Waals surface area contributed by atoms with E-state index in [1.165, 1.54) is 0 Å². The summed E-state index contributed by atoms with van der Waals surface area (Å²) in [4.78, 5) is 5.36. The SMILES string of the molecule is CCn1c(-c2c[nH]c3ccccc23)nnc1N(C)CCOC. The minimum absolute atomic E-state index is 0.662. The van der Waals surface area contributed by atoms with Crippen molar-refractivity contribution in [2.75, 3.05) is 32.2 Å². The molecule has 0 radical (unpaired) electrons. The van der Waals surface area contributed by atoms with E-state index in [0.29, 0.717) is 6.61 Å². The monoisotopic (exact) mass is 299 g/mol. The average molecular weight is 299 g/mol. The number of aromatic nitrogens is 4. The summed E-state index contributed by atoms with van der Waals surface area (Å²) in [6.07, 6.45) is 2.00. The third kappa shape index (κ3) is 2.46. The molecule has 0 unspecified atom stereocenters. The Balaban J connectivity index is 2.03. The zero-order valence-electron chi connectivity index (χ0n) is 13.2. The average Bonchev–Trinajstić information content (AvgIpc) is 3.15. The number of aromatic amines is 1. The fourth-order valence-electron chi connectivity index (χ4n) is 2.65. The maximum absolute atomic E-state index is 5.14. The number of likely N-dealkylation sites (N-methyl/N-ethyl adjacent to an activating group) is 1. The van der Waals surface area contributed by atoms with Crippen LogP contribution in [0.1, 0.15) is 6.92 Å². The van der Waals surface area contributed by atoms with Crippen molar-refractivity contribution in [3.05, 3.63) is 30.5 Å². The van der Waals surface area contributed by atoms with Crippen molar-refractivity contribution < 1.29 is 4.74 Å². The van der Waals surface area contributed by atoms with Crippen LogP contribution in [0.5, 0.6) is 0 Å². The predicted octanol–water partition coefficient (Wildman–Crippen LogP) is 2.53. The lowest BCUT2D eigenvalue weighted by atomic mass is 10.1. The molecule has 2 heterocycles. The second-order valence-electron chi connectivity index (χ2n) is 5.23. The summed E-state index contributed by atoms with van der Waals surface area (Å²) in [5.41, 5.74) is 2.19. The molecule has 116 valence electrons. The van der Waals surface area contributed by atoms with Crippen molar-refractivity contribution in [1.82, 2.24) is 19.7 Å². The van der Waals surface area contributed by atoms with E-state index in [0.717, 1.165) is 41.3 Å². The summed E-state index contributed by atoms with van der Waals surface area (Å²) in [6, 6.07) is 8.23. The minimum atomic E-state index is 0.662. The predicted molar refractivity (Wildman–Crippen MR) is 88.1 cm³/mol. The molecule has 22 heavy (non-hydrogen) atoms. The first-order valence-electron chi connectivity index (χ1n) is 7.46. The Kier molecular flexibility index (Phi) is 4.11. The van der Waals surface area contributed by atoms with E-state index < -0.39 is 0 Å². The summed E-state index contributed by atoms with van der Waals surface area (Å²) >= 11 is 0. The number of hydrogen-bond acceptors (Lipinski definition) is 4. The Morgan fingerprint density at radius 2 is 2.09 bits per heavy atom. The van der Waals surface area contributed by atoms with Gasteiger partial charge in [0.05, 0.1) is 6.61 Å². The normalized spacial score (nSPS) is 11.2. The molecule has 0 saturated carbocycles. The molecule has 0 saturated heterocycles. The van der Waals surface area contributed by atoms with Crippen LogP contribution in [-0.4, -0.2) is 47.1 Å². The molecule has 1 aromatic carbocycles. The topological polar surface area (TPSA) is 59.0 Å². The summed E-state index contributed by atoms with van der Waals surface area (Å²) in [5.74, 6) is 1.75. The Labute approximate surface area is 129 Å². The number of H-pyrrole nitrogens is 1. The molecule has 0 aliphatic rings. The van der Waals surface area contributed by atoms with Gasteiger partial charge in [0.1, 0.15) is 0 Å². The molecule has 6 heteroatoms. The van der Waals surface area contributed by atoms with Crippen LogP contribution in [0.25, 0.3) is 22.3 Å². The van der Waals surface area contributed by atoms with E-state index in [1.807, 2.05) is 25.4 Å². The van der Waals surface area contributed by atoms with Crippen LogP contribution in [0.3, 0.4) is 0 Å². The minimum Gasteiger partial charge on any atom is -0.383 e. The van der Waals surface area contributed by atoms with Gasteiger partial charge in [0.2, 0.25) is 5.95 Å². The van der Waals surface area contributed by atoms with Crippen LogP contribution < -0.4 is 4.90 Å². The van der Waals surface area contributed by atoms with Crippen molar-refractivity contribution in [3.63, 3.8) is 0 Å². The maximum atomic E-state index is 5.14. The number of nitrogens with one attached hydrogen (secondary N) is 1. The van der Waals surface area contributed by atoms with Crippen molar-refractivity contribution in [2.24, 2.45) is 0 Å². The number of fused-ring (bicyclic) bond motifs is 1. The third-order valence-corrected chi connectivity index (χ3v) is 3.85. The van der Waals surface area contributed by atoms with Gasteiger partial charge in [0.25, 0.3) is 0 Å². The van der Waals surface area contributed by atoms with Gasteiger partial charge in [-0.2, -0.15) is 0 Å². The van der Waals surface area contributed by atoms with Gasteiger partial charge in [-0.25, -0.2) is 0 Å². The number of benzene rings is 1. The zero-order chi connectivity index (χ0) is 15.5. The Bertz CT molecular complexity index is 761. The summed E-state index contributed by atoms with van der Waals surface area (Å²) in [6.45, 7) is 4.36. The van der Waals surface area contributed by atoms with Crippen molar-refractivity contribution >= 4 is 16.9 Å². The van der Waals surface area contributed by atoms with Gasteiger partial charge in [-0.1, -0.05) is 18.2 Å². The van der Waals surface area contributed by atoms with E-state index in [2.05, 4.69) is 43.7 Å². The fourth-order valence-corrected chi connectivity index (χ4v) is 2.65. The number of methoxy groups -OCH3 is 1. The van der Waals surface area contributed by atoms with Crippen molar-refractivity contribution in [3.8, 4) is 11.4 Å². The lowest BCUT2D eigenvalue weighted by molar-refractivity contribution is 0.206. The summed E-state index contributed by atoms with van der Waals surface area (Å²) in [5, 5.41) is 9.95. The number of nitrogens with zero attached hydrogens (tertiary/aromatic N) is 4. The Morgan fingerprint density at radius 3 is 2.86 bits per heavy atom. The van der Waals surface area contributed by atoms with Crippen LogP contribution in [0.4, 0.5) is 5.95 Å². The number of anilines is 1. The number of hydrogen-bond donors (Lipinski definition) is 1. The molecule has 3 aromatic rings. The molecule has 0 aliphatic heterocycles. The molecule has 0 amide bonds. The van der Waals surface area contributed by atoms with Gasteiger partial charge in [-0.05, 0) is 13.0 Å². The zero-order valence-corrected chi connectivity index (χ0v) is 13.2. The van der Waals surface area contributed by atoms with Gasteiger partial charge < -0.3 is 14.6 Å². The van der Waals surface area contributed by atoms with Gasteiger partial charge in [-0.3, -0.25) is 4.57 Å². The van der Waals surface area contributed by atoms with Crippen molar-refractivity contribution in [1.29, 1.82) is 0 Å². The standard InChI is InChI=1S/C16H21N5O/c1-4-21-15(18-19-16(21)20(2)9-10-22-3)13-11-17-14-8-6-5-7-12(13)14/h5-8,11,17H,4,9-10H2,1-3H3. The van der Waals surface area contributed by atoms with Crippen LogP contribution in [0.15, 0.2) is 30.5 Å². The third-order valence-electron chi connectivity index (χ3n) is 3.85. The van der Waals surface area contributed by atoms with E-state index in [-0.39, 0.29) is 0 Å². The largest absolute Gasteiger partial charge is 0.383 e. The van der Waals surface area contributed by atoms with Crippen LogP contribution in [0.2, 0.25) is 0 Å². The molecule has 1 N–H and O–H groups in total. The quantitative estimate of drug-likeness (QED) is 0.760. The first-order valence-corrected chi connectivity index (χ1v) is 7.46. The highest BCUT2D eigenvalue weighted by Gasteiger charge is 2.18. The van der Waals surface area contributed by atoms with Crippen LogP contribution in [0, 0.1) is 0 Å². The molecule has 2 aromatic heterocycles. The van der Waals surface area contributed by atoms with Gasteiger partial charge in [0.15, 0.2) is 5.82 Å². The lowest BCUT2D eigenvalue weighted by Crippen LogP contribution is -2.25. The highest BCUT2D eigenvalue weighted by molar-refractivity contribution is 5.93. The Hall–Kier alpha value is -2.34. The molecular formula is C16H21N5O. The summed E-state index contributed by atoms with van der Waals surface area (Å²) < 4.78 is 7.27. The van der Waals surface area contributed by atoms with E-state index in [1.54, 1.807) is 7.11 Å². The Morgan fingerprint density at radius 1 is 1.27 bits per heavy atom. The lowest BCUT2D eigenvalue weighted by Gasteiger charge is -2.18. The molecule has 0 bridgehead atoms. The molecule has 0 fully saturated rings. The molecule has 0 aliphatic carbocycles. The molecule has 3 rings (SSSR count). The highest BCUT2D eigenvalue weighted by Crippen LogP contribution is 2.29. The first kappa shape index (κ1) is 14.6. The van der Waals surface area contributed by atoms with Gasteiger partial charge in [-0.15, -0.1) is 10.2 Å². The van der Waals surface area contributed by atoms with Crippen LogP contribution in [-0.2, 0) is 11.3 Å². The van der Waals surface area contributed by atoms with Crippen LogP contribution >= 0.6 is 0 Å². The fraction of sp³-hybridized carbons (Fsp3) is 0.375.